The third-order valence-corrected chi connectivity index (χ3v) is 5.83. The molecule has 0 radical (unpaired) electrons. The normalized spacial score (nSPS) is 11.3. The molecule has 34 heavy (non-hydrogen) atoms. The molecular weight excluding hydrogens is 448 g/mol. The van der Waals surface area contributed by atoms with Gasteiger partial charge in [0.15, 0.2) is 6.61 Å². The van der Waals surface area contributed by atoms with Gasteiger partial charge < -0.3 is 9.30 Å². The summed E-state index contributed by atoms with van der Waals surface area (Å²) >= 11 is 6.35. The van der Waals surface area contributed by atoms with Crippen LogP contribution in [0.3, 0.4) is 0 Å². The average molecular weight is 469 g/mol. The Morgan fingerprint density at radius 2 is 1.85 bits per heavy atom. The molecule has 0 aliphatic carbocycles. The molecule has 2 heterocycles. The molecular formula is C27H21ClN4O2. The van der Waals surface area contributed by atoms with Crippen LogP contribution in [-0.4, -0.2) is 28.3 Å². The maximum absolute atomic E-state index is 12.3. The minimum atomic E-state index is -0.357. The molecule has 0 bridgehead atoms. The van der Waals surface area contributed by atoms with E-state index in [-0.39, 0.29) is 12.5 Å². The van der Waals surface area contributed by atoms with Crippen LogP contribution in [0.4, 0.5) is 0 Å². The number of hydrogen-bond acceptors (Lipinski definition) is 4. The number of carbonyl (C=O) groups excluding carboxylic acids is 1. The van der Waals surface area contributed by atoms with E-state index in [0.717, 1.165) is 32.4 Å². The van der Waals surface area contributed by atoms with Crippen LogP contribution in [0.15, 0.2) is 96.4 Å². The van der Waals surface area contributed by atoms with Gasteiger partial charge in [0.05, 0.1) is 6.21 Å². The lowest BCUT2D eigenvalue weighted by atomic mass is 10.2. The number of hydrazone groups is 1. The second-order valence-electron chi connectivity index (χ2n) is 7.73. The van der Waals surface area contributed by atoms with E-state index in [9.17, 15) is 4.79 Å². The van der Waals surface area contributed by atoms with Crippen LogP contribution in [0.1, 0.15) is 11.1 Å². The van der Waals surface area contributed by atoms with Gasteiger partial charge in [-0.05, 0) is 29.8 Å². The SMILES string of the molecule is O=C(COc1cccc2cccnc12)N/N=C\c1cn(Cc2ccccc2Cl)c2ccccc12. The number of aromatic nitrogens is 2. The highest BCUT2D eigenvalue weighted by molar-refractivity contribution is 6.31. The molecule has 0 saturated carbocycles. The first kappa shape index (κ1) is 21.7. The van der Waals surface area contributed by atoms with E-state index < -0.39 is 0 Å². The number of para-hydroxylation sites is 2. The number of benzene rings is 3. The van der Waals surface area contributed by atoms with Gasteiger partial charge >= 0.3 is 0 Å². The molecule has 0 fully saturated rings. The van der Waals surface area contributed by atoms with Crippen molar-refractivity contribution < 1.29 is 9.53 Å². The number of rotatable bonds is 7. The molecule has 0 aliphatic rings. The zero-order valence-corrected chi connectivity index (χ0v) is 18.9. The zero-order valence-electron chi connectivity index (χ0n) is 18.2. The Hall–Kier alpha value is -4.16. The van der Waals surface area contributed by atoms with Crippen LogP contribution in [0.25, 0.3) is 21.8 Å². The molecule has 1 N–H and O–H groups in total. The second-order valence-corrected chi connectivity index (χ2v) is 8.14. The molecule has 5 rings (SSSR count). The first-order valence-corrected chi connectivity index (χ1v) is 11.2. The first-order chi connectivity index (χ1) is 16.7. The van der Waals surface area contributed by atoms with Crippen LogP contribution < -0.4 is 10.2 Å². The predicted octanol–water partition coefficient (Wildman–Crippen LogP) is 5.42. The van der Waals surface area contributed by atoms with E-state index in [1.165, 1.54) is 0 Å². The van der Waals surface area contributed by atoms with Crippen molar-refractivity contribution in [1.82, 2.24) is 15.0 Å². The summed E-state index contributed by atoms with van der Waals surface area (Å²) in [6.45, 7) is 0.467. The molecule has 0 unspecified atom stereocenters. The highest BCUT2D eigenvalue weighted by Gasteiger charge is 2.09. The number of amides is 1. The van der Waals surface area contributed by atoms with Gasteiger partial charge in [-0.2, -0.15) is 5.10 Å². The largest absolute Gasteiger partial charge is 0.481 e. The fraction of sp³-hybridized carbons (Fsp3) is 0.0741. The second kappa shape index (κ2) is 9.77. The highest BCUT2D eigenvalue weighted by atomic mass is 35.5. The van der Waals surface area contributed by atoms with Crippen molar-refractivity contribution in [3.63, 3.8) is 0 Å². The number of nitrogens with one attached hydrogen (secondary N) is 1. The van der Waals surface area contributed by atoms with Crippen molar-refractivity contribution in [2.45, 2.75) is 6.54 Å². The van der Waals surface area contributed by atoms with Gasteiger partial charge in [-0.3, -0.25) is 9.78 Å². The van der Waals surface area contributed by atoms with E-state index in [1.54, 1.807) is 18.5 Å². The van der Waals surface area contributed by atoms with Gasteiger partial charge in [0.1, 0.15) is 11.3 Å². The van der Waals surface area contributed by atoms with Crippen LogP contribution >= 0.6 is 11.6 Å². The minimum absolute atomic E-state index is 0.165. The van der Waals surface area contributed by atoms with E-state index in [1.807, 2.05) is 79.0 Å². The summed E-state index contributed by atoms with van der Waals surface area (Å²) in [5.74, 6) is 0.198. The zero-order chi connectivity index (χ0) is 23.3. The van der Waals surface area contributed by atoms with Crippen LogP contribution in [0.5, 0.6) is 5.75 Å². The lowest BCUT2D eigenvalue weighted by molar-refractivity contribution is -0.123. The Bertz CT molecular complexity index is 1500. The van der Waals surface area contributed by atoms with Crippen molar-refractivity contribution in [3.05, 3.63) is 107 Å². The van der Waals surface area contributed by atoms with Gasteiger partial charge in [0.25, 0.3) is 5.91 Å². The number of nitrogens with zero attached hydrogens (tertiary/aromatic N) is 3. The van der Waals surface area contributed by atoms with Crippen molar-refractivity contribution in [3.8, 4) is 5.75 Å². The van der Waals surface area contributed by atoms with Crippen molar-refractivity contribution in [2.24, 2.45) is 5.10 Å². The number of halogens is 1. The average Bonchev–Trinajstić information content (AvgIpc) is 3.21. The maximum atomic E-state index is 12.3. The van der Waals surface area contributed by atoms with E-state index in [2.05, 4.69) is 20.1 Å². The summed E-state index contributed by atoms with van der Waals surface area (Å²) in [6.07, 6.45) is 5.34. The molecule has 2 aromatic heterocycles. The van der Waals surface area contributed by atoms with Gasteiger partial charge in [-0.25, -0.2) is 5.43 Å². The Labute approximate surface area is 201 Å². The third-order valence-electron chi connectivity index (χ3n) is 5.47. The topological polar surface area (TPSA) is 68.5 Å². The lowest BCUT2D eigenvalue weighted by Gasteiger charge is -2.07. The molecule has 0 atom stereocenters. The number of fused-ring (bicyclic) bond motifs is 2. The molecule has 1 amide bonds. The number of ether oxygens (including phenoxy) is 1. The van der Waals surface area contributed by atoms with Gasteiger partial charge in [0.2, 0.25) is 0 Å². The minimum Gasteiger partial charge on any atom is -0.481 e. The van der Waals surface area contributed by atoms with Crippen LogP contribution in [0, 0.1) is 0 Å². The molecule has 168 valence electrons. The fourth-order valence-electron chi connectivity index (χ4n) is 3.86. The summed E-state index contributed by atoms with van der Waals surface area (Å²) in [5.41, 5.74) is 6.23. The summed E-state index contributed by atoms with van der Waals surface area (Å²) in [4.78, 5) is 16.6. The van der Waals surface area contributed by atoms with Crippen LogP contribution in [-0.2, 0) is 11.3 Å². The smallest absolute Gasteiger partial charge is 0.277 e. The van der Waals surface area contributed by atoms with Gasteiger partial charge in [-0.15, -0.1) is 0 Å². The maximum Gasteiger partial charge on any atom is 0.277 e. The lowest BCUT2D eigenvalue weighted by Crippen LogP contribution is -2.24. The van der Waals surface area contributed by atoms with Crippen molar-refractivity contribution >= 4 is 45.5 Å². The summed E-state index contributed by atoms with van der Waals surface area (Å²) in [7, 11) is 0. The molecule has 3 aromatic carbocycles. The highest BCUT2D eigenvalue weighted by Crippen LogP contribution is 2.24. The number of hydrogen-bond donors (Lipinski definition) is 1. The number of carbonyl (C=O) groups is 1. The predicted molar refractivity (Wildman–Crippen MR) is 135 cm³/mol. The molecule has 6 nitrogen and oxygen atoms in total. The van der Waals surface area contributed by atoms with Gasteiger partial charge in [0, 0.05) is 45.8 Å². The quantitative estimate of drug-likeness (QED) is 0.256. The van der Waals surface area contributed by atoms with Crippen LogP contribution in [0.2, 0.25) is 5.02 Å². The Morgan fingerprint density at radius 1 is 1.03 bits per heavy atom. The Balaban J connectivity index is 1.28. The molecule has 0 spiro atoms. The first-order valence-electron chi connectivity index (χ1n) is 10.8. The van der Waals surface area contributed by atoms with E-state index in [4.69, 9.17) is 16.3 Å². The van der Waals surface area contributed by atoms with E-state index in [0.29, 0.717) is 17.8 Å². The number of pyridine rings is 1. The summed E-state index contributed by atoms with van der Waals surface area (Å²) < 4.78 is 7.79. The summed E-state index contributed by atoms with van der Waals surface area (Å²) in [5, 5.41) is 6.85. The molecule has 0 aliphatic heterocycles. The van der Waals surface area contributed by atoms with Gasteiger partial charge in [-0.1, -0.05) is 66.2 Å². The van der Waals surface area contributed by atoms with Crippen molar-refractivity contribution in [2.75, 3.05) is 6.61 Å². The van der Waals surface area contributed by atoms with Crippen molar-refractivity contribution in [1.29, 1.82) is 0 Å². The standard InChI is InChI=1S/C27H21ClN4O2/c28-23-11-3-1-7-20(23)16-32-17-21(22-10-2-4-12-24(22)32)15-30-31-26(33)18-34-25-13-5-8-19-9-6-14-29-27(19)25/h1-15,17H,16,18H2,(H,31,33)/b30-15-. The fourth-order valence-corrected chi connectivity index (χ4v) is 4.06. The summed E-state index contributed by atoms with van der Waals surface area (Å²) in [6, 6.07) is 25.2. The Morgan fingerprint density at radius 3 is 2.76 bits per heavy atom. The molecule has 7 heteroatoms. The van der Waals surface area contributed by atoms with E-state index >= 15 is 0 Å². The monoisotopic (exact) mass is 468 g/mol. The third kappa shape index (κ3) is 4.63. The Kier molecular flexibility index (Phi) is 6.23. The molecule has 5 aromatic rings. The molecule has 0 saturated heterocycles.